The minimum Gasteiger partial charge on any atom is -0.496 e. The summed E-state index contributed by atoms with van der Waals surface area (Å²) in [7, 11) is 1.60. The van der Waals surface area contributed by atoms with Crippen LogP contribution in [-0.4, -0.2) is 31.6 Å². The molecule has 2 heterocycles. The van der Waals surface area contributed by atoms with Gasteiger partial charge in [-0.2, -0.15) is 0 Å². The second kappa shape index (κ2) is 9.12. The topological polar surface area (TPSA) is 68.3 Å². The number of ether oxygens (including phenoxy) is 2. The number of hydrogen-bond acceptors (Lipinski definition) is 6. The molecule has 0 unspecified atom stereocenters. The summed E-state index contributed by atoms with van der Waals surface area (Å²) in [5, 5.41) is 1.67. The van der Waals surface area contributed by atoms with Gasteiger partial charge in [-0.15, -0.1) is 0 Å². The van der Waals surface area contributed by atoms with Crippen LogP contribution in [0.15, 0.2) is 77.3 Å². The molecule has 5 rings (SSSR count). The minimum absolute atomic E-state index is 0.306. The zero-order valence-electron chi connectivity index (χ0n) is 18.7. The third-order valence-corrected chi connectivity index (χ3v) is 6.65. The highest BCUT2D eigenvalue weighted by Gasteiger charge is 2.60. The van der Waals surface area contributed by atoms with Gasteiger partial charge in [-0.25, -0.2) is 9.96 Å². The fourth-order valence-electron chi connectivity index (χ4n) is 4.55. The van der Waals surface area contributed by atoms with Crippen molar-refractivity contribution in [2.45, 2.75) is 19.1 Å². The molecule has 3 atom stereocenters. The smallest absolute Gasteiger partial charge is 0.266 e. The van der Waals surface area contributed by atoms with Crippen molar-refractivity contribution < 1.29 is 23.9 Å². The summed E-state index contributed by atoms with van der Waals surface area (Å²) in [6, 6.07) is 21.6. The second-order valence-corrected chi connectivity index (χ2v) is 8.85. The van der Waals surface area contributed by atoms with Crippen molar-refractivity contribution in [1.82, 2.24) is 0 Å². The Kier molecular flexibility index (Phi) is 6.02. The third-order valence-electron chi connectivity index (χ3n) is 6.03. The van der Waals surface area contributed by atoms with Crippen LogP contribution in [0.25, 0.3) is 0 Å². The highest BCUT2D eigenvalue weighted by Crippen LogP contribution is 2.48. The Balaban J connectivity index is 1.57. The fourth-order valence-corrected chi connectivity index (χ4v) is 5.11. The SMILES string of the molecule is CCOc1cccc(N2C(=O)[C@H]3[C@H](ON(c4ccccc4)[C@@H]3c3ccc(OC)c(Br)c3)C2=O)c1. The van der Waals surface area contributed by atoms with Crippen LogP contribution in [0.1, 0.15) is 18.5 Å². The van der Waals surface area contributed by atoms with E-state index in [1.165, 1.54) is 4.90 Å². The van der Waals surface area contributed by atoms with Crippen molar-refractivity contribution in [3.05, 3.63) is 82.8 Å². The maximum Gasteiger partial charge on any atom is 0.266 e. The van der Waals surface area contributed by atoms with Crippen molar-refractivity contribution in [3.8, 4) is 11.5 Å². The Hall–Kier alpha value is -3.36. The quantitative estimate of drug-likeness (QED) is 0.428. The predicted octanol–water partition coefficient (Wildman–Crippen LogP) is 4.91. The monoisotopic (exact) mass is 522 g/mol. The van der Waals surface area contributed by atoms with Crippen molar-refractivity contribution in [1.29, 1.82) is 0 Å². The van der Waals surface area contributed by atoms with Crippen LogP contribution in [0.2, 0.25) is 0 Å². The number of methoxy groups -OCH3 is 1. The van der Waals surface area contributed by atoms with Gasteiger partial charge >= 0.3 is 0 Å². The third kappa shape index (κ3) is 3.73. The molecule has 174 valence electrons. The Labute approximate surface area is 205 Å². The predicted molar refractivity (Wildman–Crippen MR) is 131 cm³/mol. The first-order valence-corrected chi connectivity index (χ1v) is 11.8. The molecule has 0 saturated carbocycles. The number of para-hydroxylation sites is 1. The molecule has 0 aliphatic carbocycles. The largest absolute Gasteiger partial charge is 0.496 e. The maximum absolute atomic E-state index is 13.8. The minimum atomic E-state index is -0.936. The highest BCUT2D eigenvalue weighted by atomic mass is 79.9. The van der Waals surface area contributed by atoms with E-state index in [2.05, 4.69) is 15.9 Å². The number of hydrogen-bond donors (Lipinski definition) is 0. The molecule has 2 saturated heterocycles. The lowest BCUT2D eigenvalue weighted by Crippen LogP contribution is -2.37. The first-order chi connectivity index (χ1) is 16.5. The summed E-state index contributed by atoms with van der Waals surface area (Å²) in [6.07, 6.45) is -0.936. The zero-order valence-corrected chi connectivity index (χ0v) is 20.3. The normalized spacial score (nSPS) is 21.7. The average molecular weight is 523 g/mol. The average Bonchev–Trinajstić information content (AvgIpc) is 3.36. The van der Waals surface area contributed by atoms with Gasteiger partial charge in [-0.1, -0.05) is 30.3 Å². The number of fused-ring (bicyclic) bond motifs is 1. The van der Waals surface area contributed by atoms with E-state index in [0.29, 0.717) is 23.8 Å². The van der Waals surface area contributed by atoms with Crippen LogP contribution in [0.3, 0.4) is 0 Å². The van der Waals surface area contributed by atoms with Gasteiger partial charge in [0.2, 0.25) is 5.91 Å². The Morgan fingerprint density at radius 2 is 1.71 bits per heavy atom. The summed E-state index contributed by atoms with van der Waals surface area (Å²) < 4.78 is 11.7. The molecular formula is C26H23BrN2O5. The number of nitrogens with zero attached hydrogens (tertiary/aromatic N) is 2. The molecule has 8 heteroatoms. The van der Waals surface area contributed by atoms with Gasteiger partial charge < -0.3 is 9.47 Å². The number of anilines is 2. The van der Waals surface area contributed by atoms with E-state index in [0.717, 1.165) is 15.7 Å². The van der Waals surface area contributed by atoms with Crippen LogP contribution in [0.5, 0.6) is 11.5 Å². The van der Waals surface area contributed by atoms with Crippen LogP contribution in [0, 0.1) is 5.92 Å². The summed E-state index contributed by atoms with van der Waals surface area (Å²) in [6.45, 7) is 2.37. The number of benzene rings is 3. The van der Waals surface area contributed by atoms with E-state index in [1.807, 2.05) is 55.5 Å². The number of carbonyl (C=O) groups excluding carboxylic acids is 2. The number of imide groups is 1. The summed E-state index contributed by atoms with van der Waals surface area (Å²) in [5.41, 5.74) is 2.06. The molecule has 3 aromatic rings. The highest BCUT2D eigenvalue weighted by molar-refractivity contribution is 9.10. The fraction of sp³-hybridized carbons (Fsp3) is 0.231. The molecule has 2 amide bonds. The number of rotatable bonds is 6. The number of halogens is 1. The molecule has 0 spiro atoms. The van der Waals surface area contributed by atoms with Gasteiger partial charge in [-0.3, -0.25) is 14.4 Å². The van der Waals surface area contributed by atoms with E-state index in [-0.39, 0.29) is 11.8 Å². The van der Waals surface area contributed by atoms with E-state index in [9.17, 15) is 9.59 Å². The summed E-state index contributed by atoms with van der Waals surface area (Å²) >= 11 is 3.54. The first-order valence-electron chi connectivity index (χ1n) is 11.0. The Bertz CT molecular complexity index is 1230. The van der Waals surface area contributed by atoms with Crippen LogP contribution < -0.4 is 19.4 Å². The molecule has 2 fully saturated rings. The number of carbonyl (C=O) groups is 2. The number of amides is 2. The van der Waals surface area contributed by atoms with Crippen molar-refractivity contribution in [2.75, 3.05) is 23.7 Å². The summed E-state index contributed by atoms with van der Waals surface area (Å²) in [4.78, 5) is 34.6. The molecule has 0 bridgehead atoms. The molecule has 2 aliphatic heterocycles. The van der Waals surface area contributed by atoms with Crippen molar-refractivity contribution in [2.24, 2.45) is 5.92 Å². The van der Waals surface area contributed by atoms with Gasteiger partial charge in [0, 0.05) is 6.07 Å². The molecule has 2 aliphatic rings. The van der Waals surface area contributed by atoms with E-state index in [1.54, 1.807) is 36.4 Å². The Morgan fingerprint density at radius 1 is 0.941 bits per heavy atom. The molecule has 0 aromatic heterocycles. The zero-order chi connectivity index (χ0) is 23.8. The Morgan fingerprint density at radius 3 is 2.41 bits per heavy atom. The van der Waals surface area contributed by atoms with Crippen molar-refractivity contribution in [3.63, 3.8) is 0 Å². The maximum atomic E-state index is 13.8. The van der Waals surface area contributed by atoms with E-state index in [4.69, 9.17) is 14.3 Å². The van der Waals surface area contributed by atoms with Gasteiger partial charge in [-0.05, 0) is 64.8 Å². The van der Waals surface area contributed by atoms with Gasteiger partial charge in [0.05, 0.1) is 35.6 Å². The van der Waals surface area contributed by atoms with Crippen LogP contribution in [0.4, 0.5) is 11.4 Å². The molecule has 34 heavy (non-hydrogen) atoms. The lowest BCUT2D eigenvalue weighted by molar-refractivity contribution is -0.126. The molecule has 0 N–H and O–H groups in total. The lowest BCUT2D eigenvalue weighted by atomic mass is 9.90. The lowest BCUT2D eigenvalue weighted by Gasteiger charge is -2.29. The van der Waals surface area contributed by atoms with Crippen LogP contribution >= 0.6 is 15.9 Å². The molecule has 3 aromatic carbocycles. The van der Waals surface area contributed by atoms with Crippen molar-refractivity contribution >= 4 is 39.1 Å². The van der Waals surface area contributed by atoms with Gasteiger partial charge in [0.15, 0.2) is 6.10 Å². The molecular weight excluding hydrogens is 500 g/mol. The number of hydroxylamine groups is 1. The molecule has 0 radical (unpaired) electrons. The second-order valence-electron chi connectivity index (χ2n) is 7.99. The first kappa shape index (κ1) is 22.4. The summed E-state index contributed by atoms with van der Waals surface area (Å²) in [5.74, 6) is -0.142. The van der Waals surface area contributed by atoms with E-state index >= 15 is 0 Å². The standard InChI is InChI=1S/C26H23BrN2O5/c1-3-33-19-11-7-10-18(15-19)28-25(30)22-23(16-12-13-21(32-2)20(27)14-16)29(34-24(22)26(28)31)17-8-5-4-6-9-17/h4-15,22-24H,3H2,1-2H3/t22-,23-,24+/m1/s1. The molecule has 7 nitrogen and oxygen atoms in total. The van der Waals surface area contributed by atoms with E-state index < -0.39 is 18.1 Å². The van der Waals surface area contributed by atoms with Crippen LogP contribution in [-0.2, 0) is 14.4 Å². The van der Waals surface area contributed by atoms with Gasteiger partial charge in [0.1, 0.15) is 17.4 Å². The van der Waals surface area contributed by atoms with Gasteiger partial charge in [0.25, 0.3) is 5.91 Å².